The monoisotopic (exact) mass is 266 g/mol. The predicted molar refractivity (Wildman–Crippen MR) is 67.3 cm³/mol. The van der Waals surface area contributed by atoms with Gasteiger partial charge in [0.1, 0.15) is 5.82 Å². The Morgan fingerprint density at radius 2 is 2.21 bits per heavy atom. The molecule has 1 aromatic carbocycles. The second-order valence-corrected chi connectivity index (χ2v) is 5.08. The zero-order valence-electron chi connectivity index (χ0n) is 10.8. The Labute approximate surface area is 110 Å². The number of nitrogens with zero attached hydrogens (tertiary/aromatic N) is 2. The molecule has 0 N–H and O–H groups in total. The summed E-state index contributed by atoms with van der Waals surface area (Å²) in [6.07, 6.45) is 1.06. The molecule has 1 aliphatic carbocycles. The van der Waals surface area contributed by atoms with Crippen molar-refractivity contribution in [3.8, 4) is 0 Å². The molecule has 102 valence electrons. The Hall–Kier alpha value is -1.98. The molecule has 19 heavy (non-hydrogen) atoms. The van der Waals surface area contributed by atoms with Crippen LogP contribution in [0.15, 0.2) is 18.2 Å². The quantitative estimate of drug-likeness (QED) is 0.621. The molecule has 0 radical (unpaired) electrons. The number of nitro benzene ring substituents is 1. The Kier molecular flexibility index (Phi) is 3.50. The number of carbonyl (C=O) groups excluding carboxylic acids is 1. The van der Waals surface area contributed by atoms with Gasteiger partial charge in [0.15, 0.2) is 0 Å². The van der Waals surface area contributed by atoms with E-state index in [0.29, 0.717) is 18.4 Å². The van der Waals surface area contributed by atoms with E-state index in [2.05, 4.69) is 6.92 Å². The van der Waals surface area contributed by atoms with Gasteiger partial charge in [0.05, 0.1) is 10.5 Å². The van der Waals surface area contributed by atoms with Gasteiger partial charge in [-0.25, -0.2) is 4.39 Å². The molecule has 2 atom stereocenters. The fourth-order valence-corrected chi connectivity index (χ4v) is 2.08. The summed E-state index contributed by atoms with van der Waals surface area (Å²) in [5.74, 6) is -0.201. The first-order chi connectivity index (χ1) is 8.90. The van der Waals surface area contributed by atoms with Crippen molar-refractivity contribution < 1.29 is 14.1 Å². The van der Waals surface area contributed by atoms with Crippen molar-refractivity contribution in [3.05, 3.63) is 39.7 Å². The van der Waals surface area contributed by atoms with E-state index in [-0.39, 0.29) is 11.3 Å². The number of hydrogen-bond donors (Lipinski definition) is 0. The van der Waals surface area contributed by atoms with E-state index in [1.165, 1.54) is 4.90 Å². The van der Waals surface area contributed by atoms with Gasteiger partial charge < -0.3 is 4.90 Å². The fraction of sp³-hybridized carbons (Fsp3) is 0.462. The summed E-state index contributed by atoms with van der Waals surface area (Å²) in [7, 11) is 1.59. The van der Waals surface area contributed by atoms with Crippen molar-refractivity contribution in [1.29, 1.82) is 0 Å². The number of amides is 1. The van der Waals surface area contributed by atoms with E-state index in [1.807, 2.05) is 0 Å². The van der Waals surface area contributed by atoms with Gasteiger partial charge >= 0.3 is 0 Å². The van der Waals surface area contributed by atoms with E-state index >= 15 is 0 Å². The summed E-state index contributed by atoms with van der Waals surface area (Å²) in [5.41, 5.74) is -0.525. The molecule has 1 fully saturated rings. The van der Waals surface area contributed by atoms with E-state index in [1.54, 1.807) is 7.05 Å². The van der Waals surface area contributed by atoms with E-state index in [0.717, 1.165) is 24.6 Å². The molecule has 2 unspecified atom stereocenters. The Bertz CT molecular complexity index is 533. The first-order valence-electron chi connectivity index (χ1n) is 6.09. The third-order valence-corrected chi connectivity index (χ3v) is 3.52. The topological polar surface area (TPSA) is 63.5 Å². The molecule has 5 nitrogen and oxygen atoms in total. The number of rotatable bonds is 4. The van der Waals surface area contributed by atoms with Gasteiger partial charge in [-0.3, -0.25) is 14.9 Å². The first kappa shape index (κ1) is 13.5. The van der Waals surface area contributed by atoms with Crippen LogP contribution in [0.5, 0.6) is 0 Å². The van der Waals surface area contributed by atoms with E-state index in [4.69, 9.17) is 0 Å². The molecule has 1 aliphatic rings. The maximum atomic E-state index is 13.6. The van der Waals surface area contributed by atoms with Crippen LogP contribution in [-0.2, 0) is 0 Å². The van der Waals surface area contributed by atoms with Crippen molar-refractivity contribution in [2.24, 2.45) is 11.8 Å². The van der Waals surface area contributed by atoms with Crippen LogP contribution < -0.4 is 0 Å². The van der Waals surface area contributed by atoms with Crippen LogP contribution in [0.4, 0.5) is 10.1 Å². The zero-order valence-corrected chi connectivity index (χ0v) is 10.8. The van der Waals surface area contributed by atoms with Gasteiger partial charge in [0, 0.05) is 25.7 Å². The second kappa shape index (κ2) is 4.95. The summed E-state index contributed by atoms with van der Waals surface area (Å²) in [5, 5.41) is 10.6. The van der Waals surface area contributed by atoms with Crippen LogP contribution >= 0.6 is 0 Å². The van der Waals surface area contributed by atoms with Crippen LogP contribution in [-0.4, -0.2) is 29.3 Å². The Balaban J connectivity index is 2.17. The van der Waals surface area contributed by atoms with Crippen molar-refractivity contribution in [2.45, 2.75) is 13.3 Å². The van der Waals surface area contributed by atoms with Crippen molar-refractivity contribution >= 4 is 11.6 Å². The molecule has 1 amide bonds. The molecule has 0 aliphatic heterocycles. The Morgan fingerprint density at radius 1 is 1.58 bits per heavy atom. The Morgan fingerprint density at radius 3 is 2.74 bits per heavy atom. The van der Waals surface area contributed by atoms with E-state index in [9.17, 15) is 19.3 Å². The molecule has 1 aromatic rings. The molecule has 0 heterocycles. The molecule has 0 saturated heterocycles. The maximum Gasteiger partial charge on any atom is 0.270 e. The number of non-ortho nitro benzene ring substituents is 1. The third kappa shape index (κ3) is 2.89. The van der Waals surface area contributed by atoms with Gasteiger partial charge in [-0.15, -0.1) is 0 Å². The molecule has 0 spiro atoms. The number of benzene rings is 1. The summed E-state index contributed by atoms with van der Waals surface area (Å²) in [4.78, 5) is 23.5. The van der Waals surface area contributed by atoms with Crippen LogP contribution in [0, 0.1) is 27.8 Å². The van der Waals surface area contributed by atoms with Gasteiger partial charge in [0.2, 0.25) is 0 Å². The fourth-order valence-electron chi connectivity index (χ4n) is 2.08. The smallest absolute Gasteiger partial charge is 0.270 e. The van der Waals surface area contributed by atoms with Crippen LogP contribution in [0.1, 0.15) is 23.7 Å². The summed E-state index contributed by atoms with van der Waals surface area (Å²) < 4.78 is 13.6. The SMILES string of the molecule is CC1CC1CN(C)C(=O)c1cc([N+](=O)[O-])ccc1F. The maximum absolute atomic E-state index is 13.6. The molecule has 2 rings (SSSR count). The average Bonchev–Trinajstić information content (AvgIpc) is 3.04. The summed E-state index contributed by atoms with van der Waals surface area (Å²) in [6.45, 7) is 2.65. The minimum absolute atomic E-state index is 0.245. The van der Waals surface area contributed by atoms with Crippen molar-refractivity contribution in [3.63, 3.8) is 0 Å². The first-order valence-corrected chi connectivity index (χ1v) is 6.09. The standard InChI is InChI=1S/C13H15FN2O3/c1-8-5-9(8)7-15(2)13(17)11-6-10(16(18)19)3-4-12(11)14/h3-4,6,8-9H,5,7H2,1-2H3. The highest BCUT2D eigenvalue weighted by molar-refractivity contribution is 5.95. The lowest BCUT2D eigenvalue weighted by atomic mass is 10.1. The molecular weight excluding hydrogens is 251 g/mol. The molecular formula is C13H15FN2O3. The van der Waals surface area contributed by atoms with Crippen LogP contribution in [0.25, 0.3) is 0 Å². The van der Waals surface area contributed by atoms with Gasteiger partial charge in [-0.2, -0.15) is 0 Å². The summed E-state index contributed by atoms with van der Waals surface area (Å²) >= 11 is 0. The zero-order chi connectivity index (χ0) is 14.2. The normalized spacial score (nSPS) is 21.0. The number of nitro groups is 1. The number of halogens is 1. The van der Waals surface area contributed by atoms with E-state index < -0.39 is 16.6 Å². The summed E-state index contributed by atoms with van der Waals surface area (Å²) in [6, 6.07) is 3.00. The molecule has 1 saturated carbocycles. The lowest BCUT2D eigenvalue weighted by molar-refractivity contribution is -0.384. The second-order valence-electron chi connectivity index (χ2n) is 5.08. The number of carbonyl (C=O) groups is 1. The number of hydrogen-bond acceptors (Lipinski definition) is 3. The van der Waals surface area contributed by atoms with Gasteiger partial charge in [0.25, 0.3) is 11.6 Å². The van der Waals surface area contributed by atoms with Crippen molar-refractivity contribution in [1.82, 2.24) is 4.90 Å². The minimum atomic E-state index is -0.730. The van der Waals surface area contributed by atoms with Crippen LogP contribution in [0.2, 0.25) is 0 Å². The molecule has 0 aromatic heterocycles. The third-order valence-electron chi connectivity index (χ3n) is 3.52. The molecule has 6 heteroatoms. The highest BCUT2D eigenvalue weighted by Crippen LogP contribution is 2.38. The predicted octanol–water partition coefficient (Wildman–Crippen LogP) is 2.46. The lowest BCUT2D eigenvalue weighted by Gasteiger charge is -2.17. The van der Waals surface area contributed by atoms with Crippen molar-refractivity contribution in [2.75, 3.05) is 13.6 Å². The van der Waals surface area contributed by atoms with Gasteiger partial charge in [-0.05, 0) is 24.3 Å². The molecule has 0 bridgehead atoms. The highest BCUT2D eigenvalue weighted by atomic mass is 19.1. The average molecular weight is 266 g/mol. The minimum Gasteiger partial charge on any atom is -0.341 e. The van der Waals surface area contributed by atoms with Gasteiger partial charge in [-0.1, -0.05) is 6.92 Å². The highest BCUT2D eigenvalue weighted by Gasteiger charge is 2.34. The van der Waals surface area contributed by atoms with Crippen LogP contribution in [0.3, 0.4) is 0 Å². The lowest BCUT2D eigenvalue weighted by Crippen LogP contribution is -2.29. The largest absolute Gasteiger partial charge is 0.341 e.